The van der Waals surface area contributed by atoms with E-state index in [4.69, 9.17) is 16.9 Å². The number of halogens is 2. The van der Waals surface area contributed by atoms with Crippen LogP contribution >= 0.6 is 34.7 Å². The number of nitrogens with zero attached hydrogens (tertiary/aromatic N) is 2. The number of anilines is 2. The van der Waals surface area contributed by atoms with Crippen LogP contribution in [-0.4, -0.2) is 25.1 Å². The lowest BCUT2D eigenvalue weighted by Crippen LogP contribution is -2.16. The molecule has 0 atom stereocenters. The number of carbonyl (C=O) groups is 1. The van der Waals surface area contributed by atoms with Gasteiger partial charge in [-0.2, -0.15) is 5.26 Å². The number of amides is 1. The smallest absolute Gasteiger partial charge is 0.263 e. The van der Waals surface area contributed by atoms with E-state index in [1.807, 2.05) is 6.07 Å². The Morgan fingerprint density at radius 1 is 1.29 bits per heavy atom. The van der Waals surface area contributed by atoms with Crippen molar-refractivity contribution in [3.63, 3.8) is 0 Å². The fourth-order valence-electron chi connectivity index (χ4n) is 2.42. The van der Waals surface area contributed by atoms with Gasteiger partial charge in [-0.1, -0.05) is 34.7 Å². The molecule has 0 spiro atoms. The van der Waals surface area contributed by atoms with Crippen LogP contribution < -0.4 is 10.0 Å². The highest BCUT2D eigenvalue weighted by atomic mass is 35.5. The number of nitriles is 1. The molecule has 1 heterocycles. The van der Waals surface area contributed by atoms with Crippen molar-refractivity contribution in [2.24, 2.45) is 0 Å². The molecule has 0 aliphatic carbocycles. The van der Waals surface area contributed by atoms with E-state index in [1.165, 1.54) is 47.4 Å². The molecule has 0 radical (unpaired) electrons. The Kier molecular flexibility index (Phi) is 7.17. The molecule has 0 aliphatic rings. The van der Waals surface area contributed by atoms with Crippen LogP contribution in [0.25, 0.3) is 0 Å². The van der Waals surface area contributed by atoms with Gasteiger partial charge in [-0.05, 0) is 49.4 Å². The van der Waals surface area contributed by atoms with E-state index >= 15 is 0 Å². The van der Waals surface area contributed by atoms with Gasteiger partial charge in [0.05, 0.1) is 26.7 Å². The Morgan fingerprint density at radius 3 is 2.68 bits per heavy atom. The van der Waals surface area contributed by atoms with Crippen molar-refractivity contribution >= 4 is 61.4 Å². The van der Waals surface area contributed by atoms with Gasteiger partial charge < -0.3 is 0 Å². The highest BCUT2D eigenvalue weighted by Crippen LogP contribution is 2.32. The van der Waals surface area contributed by atoms with Crippen molar-refractivity contribution in [2.45, 2.75) is 16.0 Å². The van der Waals surface area contributed by atoms with Crippen molar-refractivity contribution in [1.29, 1.82) is 5.26 Å². The van der Waals surface area contributed by atoms with E-state index in [0.29, 0.717) is 10.8 Å². The van der Waals surface area contributed by atoms with Crippen molar-refractivity contribution in [1.82, 2.24) is 4.98 Å². The summed E-state index contributed by atoms with van der Waals surface area (Å²) >= 11 is 8.59. The molecular formula is C19H14ClFN4O3S3. The fourth-order valence-corrected chi connectivity index (χ4v) is 5.80. The molecule has 0 aliphatic heterocycles. The zero-order valence-electron chi connectivity index (χ0n) is 15.8. The molecule has 3 rings (SSSR count). The van der Waals surface area contributed by atoms with E-state index in [-0.39, 0.29) is 26.9 Å². The number of thioether (sulfide) groups is 1. The number of hydrogen-bond donors (Lipinski definition) is 2. The molecule has 7 nitrogen and oxygen atoms in total. The van der Waals surface area contributed by atoms with Crippen LogP contribution in [0.1, 0.15) is 16.1 Å². The Labute approximate surface area is 191 Å². The quantitative estimate of drug-likeness (QED) is 0.449. The van der Waals surface area contributed by atoms with Crippen LogP contribution in [0.4, 0.5) is 15.2 Å². The first kappa shape index (κ1) is 23.0. The Morgan fingerprint density at radius 2 is 2.00 bits per heavy atom. The van der Waals surface area contributed by atoms with Gasteiger partial charge in [0.2, 0.25) is 0 Å². The highest BCUT2D eigenvalue weighted by molar-refractivity contribution is 8.01. The summed E-state index contributed by atoms with van der Waals surface area (Å²) in [6.45, 7) is 1.76. The third-order valence-electron chi connectivity index (χ3n) is 3.82. The van der Waals surface area contributed by atoms with Gasteiger partial charge >= 0.3 is 0 Å². The first-order valence-electron chi connectivity index (χ1n) is 8.56. The molecule has 0 bridgehead atoms. The molecule has 0 fully saturated rings. The van der Waals surface area contributed by atoms with Gasteiger partial charge in [0.1, 0.15) is 10.7 Å². The SMILES string of the molecule is Cc1nc(NC(=O)c2ccc(Cl)c(S(=O)(=O)Nc3ccc(F)cc3)c2)sc1SCC#N. The molecule has 0 saturated carbocycles. The Balaban J connectivity index is 1.82. The van der Waals surface area contributed by atoms with Crippen molar-refractivity contribution in [3.05, 3.63) is 64.6 Å². The number of hydrogen-bond acceptors (Lipinski definition) is 7. The first-order chi connectivity index (χ1) is 14.7. The normalized spacial score (nSPS) is 11.0. The standard InChI is InChI=1S/C19H14ClFN4O3S3/c1-11-18(29-9-8-22)30-19(23-11)24-17(26)12-2-7-15(20)16(10-12)31(27,28)25-14-5-3-13(21)4-6-14/h2-7,10,25H,9H2,1H3,(H,23,24,26). The predicted molar refractivity (Wildman–Crippen MR) is 120 cm³/mol. The van der Waals surface area contributed by atoms with E-state index in [1.54, 1.807) is 6.92 Å². The number of sulfonamides is 1. The number of thiazole rings is 1. The molecule has 3 aromatic rings. The predicted octanol–water partition coefficient (Wildman–Crippen LogP) is 4.91. The molecule has 1 aromatic heterocycles. The van der Waals surface area contributed by atoms with Crippen LogP contribution in [-0.2, 0) is 10.0 Å². The molecular weight excluding hydrogens is 483 g/mol. The number of rotatable bonds is 7. The third kappa shape index (κ3) is 5.74. The van der Waals surface area contributed by atoms with Crippen LogP contribution in [0.5, 0.6) is 0 Å². The van der Waals surface area contributed by atoms with Gasteiger partial charge in [0.25, 0.3) is 15.9 Å². The third-order valence-corrected chi connectivity index (χ3v) is 7.99. The minimum atomic E-state index is -4.13. The molecule has 12 heteroatoms. The summed E-state index contributed by atoms with van der Waals surface area (Å²) in [7, 11) is -4.13. The largest absolute Gasteiger partial charge is 0.298 e. The molecule has 2 aromatic carbocycles. The minimum absolute atomic E-state index is 0.0583. The fraction of sp³-hybridized carbons (Fsp3) is 0.105. The maximum Gasteiger partial charge on any atom is 0.263 e. The van der Waals surface area contributed by atoms with E-state index in [2.05, 4.69) is 15.0 Å². The zero-order valence-corrected chi connectivity index (χ0v) is 19.1. The molecule has 160 valence electrons. The molecule has 31 heavy (non-hydrogen) atoms. The summed E-state index contributed by atoms with van der Waals surface area (Å²) in [6, 6.07) is 10.6. The average Bonchev–Trinajstić information content (AvgIpc) is 3.07. The topological polar surface area (TPSA) is 112 Å². The number of carbonyl (C=O) groups excluding carboxylic acids is 1. The van der Waals surface area contributed by atoms with Crippen molar-refractivity contribution in [2.75, 3.05) is 15.8 Å². The van der Waals surface area contributed by atoms with Gasteiger partial charge in [0.15, 0.2) is 5.13 Å². The second kappa shape index (κ2) is 9.65. The summed E-state index contributed by atoms with van der Waals surface area (Å²) in [6.07, 6.45) is 0. The van der Waals surface area contributed by atoms with Gasteiger partial charge in [-0.15, -0.1) is 0 Å². The number of benzene rings is 2. The summed E-state index contributed by atoms with van der Waals surface area (Å²) < 4.78 is 41.6. The summed E-state index contributed by atoms with van der Waals surface area (Å²) in [4.78, 5) is 16.6. The maximum atomic E-state index is 13.1. The number of aryl methyl sites for hydroxylation is 1. The summed E-state index contributed by atoms with van der Waals surface area (Å²) in [5.74, 6) is -0.817. The van der Waals surface area contributed by atoms with Crippen LogP contribution in [0.3, 0.4) is 0 Å². The lowest BCUT2D eigenvalue weighted by Gasteiger charge is -2.11. The minimum Gasteiger partial charge on any atom is -0.298 e. The Bertz CT molecular complexity index is 1270. The van der Waals surface area contributed by atoms with Gasteiger partial charge in [-0.3, -0.25) is 14.8 Å². The lowest BCUT2D eigenvalue weighted by molar-refractivity contribution is 0.102. The van der Waals surface area contributed by atoms with E-state index in [9.17, 15) is 17.6 Å². The number of nitrogens with one attached hydrogen (secondary N) is 2. The zero-order chi connectivity index (χ0) is 22.6. The van der Waals surface area contributed by atoms with E-state index < -0.39 is 21.7 Å². The lowest BCUT2D eigenvalue weighted by atomic mass is 10.2. The second-order valence-electron chi connectivity index (χ2n) is 6.05. The monoisotopic (exact) mass is 496 g/mol. The maximum absolute atomic E-state index is 13.1. The molecule has 2 N–H and O–H groups in total. The molecule has 1 amide bonds. The molecule has 0 saturated heterocycles. The summed E-state index contributed by atoms with van der Waals surface area (Å²) in [5.41, 5.74) is 0.888. The highest BCUT2D eigenvalue weighted by Gasteiger charge is 2.21. The Hall–Kier alpha value is -2.65. The number of aromatic nitrogens is 1. The first-order valence-corrected chi connectivity index (χ1v) is 12.2. The van der Waals surface area contributed by atoms with Gasteiger partial charge in [0, 0.05) is 11.3 Å². The van der Waals surface area contributed by atoms with Crippen molar-refractivity contribution < 1.29 is 17.6 Å². The van der Waals surface area contributed by atoms with Gasteiger partial charge in [-0.25, -0.2) is 17.8 Å². The van der Waals surface area contributed by atoms with Crippen LogP contribution in [0.2, 0.25) is 5.02 Å². The van der Waals surface area contributed by atoms with E-state index in [0.717, 1.165) is 22.4 Å². The molecule has 0 unspecified atom stereocenters. The van der Waals surface area contributed by atoms with Crippen LogP contribution in [0.15, 0.2) is 51.6 Å². The second-order valence-corrected chi connectivity index (χ2v) is 10.4. The van der Waals surface area contributed by atoms with Crippen molar-refractivity contribution in [3.8, 4) is 6.07 Å². The summed E-state index contributed by atoms with van der Waals surface area (Å²) in [5, 5.41) is 11.6. The average molecular weight is 497 g/mol. The van der Waals surface area contributed by atoms with Crippen LogP contribution in [0, 0.1) is 24.1 Å².